The first-order valence-electron chi connectivity index (χ1n) is 5.81. The Morgan fingerprint density at radius 1 is 1.11 bits per heavy atom. The monoisotopic (exact) mass is 321 g/mol. The Bertz CT molecular complexity index is 640. The fraction of sp³-hybridized carbons (Fsp3) is 0.133. The van der Waals surface area contributed by atoms with Gasteiger partial charge < -0.3 is 5.32 Å². The fourth-order valence-corrected chi connectivity index (χ4v) is 2.04. The zero-order valence-corrected chi connectivity index (χ0v) is 12.2. The molecule has 0 saturated carbocycles. The number of halogens is 2. The molecule has 98 valence electrons. The van der Waals surface area contributed by atoms with E-state index >= 15 is 0 Å². The third-order valence-corrected chi connectivity index (χ3v) is 3.55. The number of carbonyl (C=O) groups is 1. The quantitative estimate of drug-likeness (QED) is 0.869. The van der Waals surface area contributed by atoms with E-state index in [4.69, 9.17) is 0 Å². The minimum atomic E-state index is -0.357. The van der Waals surface area contributed by atoms with Crippen molar-refractivity contribution in [2.45, 2.75) is 13.8 Å². The number of nitrogens with one attached hydrogen (secondary N) is 1. The number of carbonyl (C=O) groups excluding carboxylic acids is 1. The van der Waals surface area contributed by atoms with Crippen molar-refractivity contribution in [2.24, 2.45) is 0 Å². The van der Waals surface area contributed by atoms with Gasteiger partial charge >= 0.3 is 0 Å². The lowest BCUT2D eigenvalue weighted by atomic mass is 10.1. The van der Waals surface area contributed by atoms with E-state index in [2.05, 4.69) is 21.2 Å². The molecule has 2 nitrogen and oxygen atoms in total. The Labute approximate surface area is 119 Å². The first-order chi connectivity index (χ1) is 8.97. The van der Waals surface area contributed by atoms with E-state index in [1.165, 1.54) is 18.2 Å². The first-order valence-corrected chi connectivity index (χ1v) is 6.60. The molecule has 0 aliphatic carbocycles. The third kappa shape index (κ3) is 3.20. The van der Waals surface area contributed by atoms with Gasteiger partial charge in [-0.15, -0.1) is 0 Å². The van der Waals surface area contributed by atoms with Crippen molar-refractivity contribution in [3.05, 3.63) is 63.4 Å². The highest BCUT2D eigenvalue weighted by atomic mass is 79.9. The number of hydrogen-bond acceptors (Lipinski definition) is 1. The molecule has 2 rings (SSSR count). The normalized spacial score (nSPS) is 10.3. The van der Waals surface area contributed by atoms with Crippen molar-refractivity contribution in [3.63, 3.8) is 0 Å². The summed E-state index contributed by atoms with van der Waals surface area (Å²) in [5, 5.41) is 2.74. The van der Waals surface area contributed by atoms with E-state index in [-0.39, 0.29) is 11.7 Å². The predicted octanol–water partition coefficient (Wildman–Crippen LogP) is 4.46. The van der Waals surface area contributed by atoms with E-state index < -0.39 is 0 Å². The highest BCUT2D eigenvalue weighted by Gasteiger charge is 2.08. The van der Waals surface area contributed by atoms with Crippen LogP contribution in [0.2, 0.25) is 0 Å². The molecule has 0 spiro atoms. The summed E-state index contributed by atoms with van der Waals surface area (Å²) in [6.07, 6.45) is 0. The van der Waals surface area contributed by atoms with Crippen molar-refractivity contribution < 1.29 is 9.18 Å². The lowest BCUT2D eigenvalue weighted by Crippen LogP contribution is -2.12. The highest BCUT2D eigenvalue weighted by molar-refractivity contribution is 9.10. The molecule has 0 aliphatic rings. The summed E-state index contributed by atoms with van der Waals surface area (Å²) < 4.78 is 13.4. The molecule has 0 radical (unpaired) electrons. The Balaban J connectivity index is 2.20. The van der Waals surface area contributed by atoms with Crippen molar-refractivity contribution in [1.29, 1.82) is 0 Å². The Hall–Kier alpha value is -1.68. The minimum absolute atomic E-state index is 0.207. The van der Waals surface area contributed by atoms with E-state index in [0.717, 1.165) is 11.1 Å². The van der Waals surface area contributed by atoms with Gasteiger partial charge in [0.05, 0.1) is 4.47 Å². The molecule has 2 aromatic carbocycles. The summed E-state index contributed by atoms with van der Waals surface area (Å²) >= 11 is 3.09. The van der Waals surface area contributed by atoms with Gasteiger partial charge in [0.25, 0.3) is 5.91 Å². The summed E-state index contributed by atoms with van der Waals surface area (Å²) in [7, 11) is 0. The van der Waals surface area contributed by atoms with Gasteiger partial charge in [-0.25, -0.2) is 4.39 Å². The maximum Gasteiger partial charge on any atom is 0.255 e. The zero-order chi connectivity index (χ0) is 14.0. The van der Waals surface area contributed by atoms with Gasteiger partial charge in [-0.2, -0.15) is 0 Å². The van der Waals surface area contributed by atoms with Crippen LogP contribution in [0.4, 0.5) is 10.1 Å². The molecule has 2 aromatic rings. The van der Waals surface area contributed by atoms with Crippen molar-refractivity contribution >= 4 is 27.5 Å². The van der Waals surface area contributed by atoms with E-state index in [1.807, 2.05) is 26.0 Å². The molecule has 0 saturated heterocycles. The van der Waals surface area contributed by atoms with Crippen LogP contribution in [0.3, 0.4) is 0 Å². The summed E-state index contributed by atoms with van der Waals surface area (Å²) in [4.78, 5) is 12.1. The average Bonchev–Trinajstić information content (AvgIpc) is 2.37. The molecular formula is C15H13BrFNO. The maximum absolute atomic E-state index is 13.1. The first kappa shape index (κ1) is 13.7. The second-order valence-corrected chi connectivity index (χ2v) is 5.24. The minimum Gasteiger partial charge on any atom is -0.322 e. The number of hydrogen-bond donors (Lipinski definition) is 1. The second-order valence-electron chi connectivity index (χ2n) is 4.38. The van der Waals surface area contributed by atoms with Crippen LogP contribution < -0.4 is 5.32 Å². The second kappa shape index (κ2) is 5.53. The van der Waals surface area contributed by atoms with Crippen LogP contribution in [0.5, 0.6) is 0 Å². The van der Waals surface area contributed by atoms with Gasteiger partial charge in [-0.1, -0.05) is 6.07 Å². The topological polar surface area (TPSA) is 29.1 Å². The summed E-state index contributed by atoms with van der Waals surface area (Å²) in [5.74, 6) is -0.564. The number of amides is 1. The van der Waals surface area contributed by atoms with Gasteiger partial charge in [0.1, 0.15) is 5.82 Å². The van der Waals surface area contributed by atoms with Gasteiger partial charge in [0, 0.05) is 11.3 Å². The van der Waals surface area contributed by atoms with Crippen LogP contribution in [0.15, 0.2) is 40.9 Å². The Morgan fingerprint density at radius 3 is 2.47 bits per heavy atom. The van der Waals surface area contributed by atoms with Crippen LogP contribution in [-0.4, -0.2) is 5.91 Å². The van der Waals surface area contributed by atoms with Crippen LogP contribution in [0, 0.1) is 19.7 Å². The number of anilines is 1. The standard InChI is InChI=1S/C15H13BrFNO/c1-9-3-4-11(7-10(9)2)15(19)18-12-5-6-14(17)13(16)8-12/h3-8H,1-2H3,(H,18,19). The fourth-order valence-electron chi connectivity index (χ4n) is 1.66. The largest absolute Gasteiger partial charge is 0.322 e. The Kier molecular flexibility index (Phi) is 4.00. The van der Waals surface area contributed by atoms with E-state index in [1.54, 1.807) is 6.07 Å². The zero-order valence-electron chi connectivity index (χ0n) is 10.6. The molecule has 0 bridgehead atoms. The van der Waals surface area contributed by atoms with Crippen molar-refractivity contribution in [3.8, 4) is 0 Å². The summed E-state index contributed by atoms with van der Waals surface area (Å²) in [5.41, 5.74) is 3.34. The molecule has 0 aliphatic heterocycles. The molecule has 19 heavy (non-hydrogen) atoms. The maximum atomic E-state index is 13.1. The van der Waals surface area contributed by atoms with Crippen LogP contribution in [0.25, 0.3) is 0 Å². The molecular weight excluding hydrogens is 309 g/mol. The van der Waals surface area contributed by atoms with Crippen LogP contribution in [-0.2, 0) is 0 Å². The van der Waals surface area contributed by atoms with Gasteiger partial charge in [0.15, 0.2) is 0 Å². The van der Waals surface area contributed by atoms with Gasteiger partial charge in [-0.05, 0) is 71.2 Å². The molecule has 0 fully saturated rings. The van der Waals surface area contributed by atoms with E-state index in [0.29, 0.717) is 15.7 Å². The predicted molar refractivity (Wildman–Crippen MR) is 78.0 cm³/mol. The average molecular weight is 322 g/mol. The summed E-state index contributed by atoms with van der Waals surface area (Å²) in [6, 6.07) is 9.89. The molecule has 1 N–H and O–H groups in total. The molecule has 0 atom stereocenters. The molecule has 0 aromatic heterocycles. The molecule has 0 unspecified atom stereocenters. The van der Waals surface area contributed by atoms with Crippen LogP contribution in [0.1, 0.15) is 21.5 Å². The Morgan fingerprint density at radius 2 is 1.84 bits per heavy atom. The third-order valence-electron chi connectivity index (χ3n) is 2.95. The number of aryl methyl sites for hydroxylation is 2. The highest BCUT2D eigenvalue weighted by Crippen LogP contribution is 2.20. The molecule has 1 amide bonds. The molecule has 4 heteroatoms. The SMILES string of the molecule is Cc1ccc(C(=O)Nc2ccc(F)c(Br)c2)cc1C. The van der Waals surface area contributed by atoms with Crippen molar-refractivity contribution in [2.75, 3.05) is 5.32 Å². The van der Waals surface area contributed by atoms with Crippen molar-refractivity contribution in [1.82, 2.24) is 0 Å². The van der Waals surface area contributed by atoms with Gasteiger partial charge in [0.2, 0.25) is 0 Å². The lowest BCUT2D eigenvalue weighted by Gasteiger charge is -2.08. The van der Waals surface area contributed by atoms with Gasteiger partial charge in [-0.3, -0.25) is 4.79 Å². The van der Waals surface area contributed by atoms with Crippen LogP contribution >= 0.6 is 15.9 Å². The smallest absolute Gasteiger partial charge is 0.255 e. The van der Waals surface area contributed by atoms with E-state index in [9.17, 15) is 9.18 Å². The lowest BCUT2D eigenvalue weighted by molar-refractivity contribution is 0.102. The summed E-state index contributed by atoms with van der Waals surface area (Å²) in [6.45, 7) is 3.95. The molecule has 0 heterocycles. The number of benzene rings is 2. The number of rotatable bonds is 2.